The van der Waals surface area contributed by atoms with Crippen molar-refractivity contribution in [2.24, 2.45) is 0 Å². The Hall–Kier alpha value is 0.870. The zero-order valence-corrected chi connectivity index (χ0v) is 7.23. The first kappa shape index (κ1) is 7.97. The van der Waals surface area contributed by atoms with Gasteiger partial charge in [0.1, 0.15) is 4.33 Å². The Labute approximate surface area is 70.5 Å². The van der Waals surface area contributed by atoms with Gasteiger partial charge in [0.25, 0.3) is 0 Å². The Morgan fingerprint density at radius 2 is 1.89 bits per heavy atom. The Kier molecular flexibility index (Phi) is 2.53. The summed E-state index contributed by atoms with van der Waals surface area (Å²) in [6.07, 6.45) is 3.88. The maximum atomic E-state index is 5.82. The van der Waals surface area contributed by atoms with E-state index in [-0.39, 0.29) is 0 Å². The normalized spacial score (nSPS) is 28.3. The Morgan fingerprint density at radius 1 is 1.22 bits per heavy atom. The van der Waals surface area contributed by atoms with E-state index in [1.54, 1.807) is 0 Å². The summed E-state index contributed by atoms with van der Waals surface area (Å²) in [4.78, 5) is 0. The van der Waals surface area contributed by atoms with Crippen LogP contribution in [0.1, 0.15) is 25.7 Å². The second kappa shape index (κ2) is 2.86. The minimum atomic E-state index is -0.736. The number of hydrogen-bond donors (Lipinski definition) is 0. The molecule has 53 valence electrons. The van der Waals surface area contributed by atoms with Crippen molar-refractivity contribution in [2.75, 3.05) is 0 Å². The van der Waals surface area contributed by atoms with Gasteiger partial charge < -0.3 is 0 Å². The van der Waals surface area contributed by atoms with Crippen LogP contribution in [-0.2, 0) is 0 Å². The van der Waals surface area contributed by atoms with E-state index < -0.39 is 4.33 Å². The summed E-state index contributed by atoms with van der Waals surface area (Å²) in [5.41, 5.74) is 0. The summed E-state index contributed by atoms with van der Waals surface area (Å²) in [7, 11) is 0. The molecule has 1 saturated carbocycles. The number of rotatable bonds is 0. The van der Waals surface area contributed by atoms with E-state index in [4.69, 9.17) is 34.8 Å². The van der Waals surface area contributed by atoms with E-state index in [0.29, 0.717) is 5.38 Å². The molecule has 0 atom stereocenters. The van der Waals surface area contributed by atoms with Gasteiger partial charge in [-0.25, -0.2) is 0 Å². The van der Waals surface area contributed by atoms with Crippen LogP contribution < -0.4 is 0 Å². The SMILES string of the molecule is Cl[C]1CCCCC1(Cl)Cl. The lowest BCUT2D eigenvalue weighted by Crippen LogP contribution is -2.23. The zero-order chi connectivity index (χ0) is 6.91. The fraction of sp³-hybridized carbons (Fsp3) is 0.833. The molecule has 0 nitrogen and oxygen atoms in total. The summed E-state index contributed by atoms with van der Waals surface area (Å²) in [6.45, 7) is 0. The summed E-state index contributed by atoms with van der Waals surface area (Å²) in [6, 6.07) is 0. The number of hydrogen-bond acceptors (Lipinski definition) is 0. The predicted octanol–water partition coefficient (Wildman–Crippen LogP) is 3.51. The third-order valence-corrected chi connectivity index (χ3v) is 3.07. The van der Waals surface area contributed by atoms with Gasteiger partial charge in [-0.2, -0.15) is 0 Å². The molecule has 1 aliphatic carbocycles. The van der Waals surface area contributed by atoms with Crippen LogP contribution in [0, 0.1) is 5.38 Å². The maximum Gasteiger partial charge on any atom is 0.139 e. The van der Waals surface area contributed by atoms with Crippen molar-refractivity contribution in [1.82, 2.24) is 0 Å². The van der Waals surface area contributed by atoms with Crippen molar-refractivity contribution in [3.8, 4) is 0 Å². The van der Waals surface area contributed by atoms with Gasteiger partial charge in [-0.15, -0.1) is 11.6 Å². The molecule has 0 aromatic rings. The second-order valence-electron chi connectivity index (χ2n) is 2.32. The number of alkyl halides is 2. The molecule has 1 radical (unpaired) electrons. The van der Waals surface area contributed by atoms with E-state index in [1.807, 2.05) is 0 Å². The average Bonchev–Trinajstić information content (AvgIpc) is 1.77. The van der Waals surface area contributed by atoms with Crippen LogP contribution in [0.5, 0.6) is 0 Å². The molecule has 1 rings (SSSR count). The molecule has 0 N–H and O–H groups in total. The van der Waals surface area contributed by atoms with E-state index in [2.05, 4.69) is 0 Å². The molecule has 0 amide bonds. The minimum Gasteiger partial charge on any atom is -0.114 e. The minimum absolute atomic E-state index is 0.706. The van der Waals surface area contributed by atoms with Crippen LogP contribution >= 0.6 is 34.8 Å². The lowest BCUT2D eigenvalue weighted by molar-refractivity contribution is 0.551. The molecule has 1 fully saturated rings. The van der Waals surface area contributed by atoms with Gasteiger partial charge in [0.05, 0.1) is 5.38 Å². The fourth-order valence-corrected chi connectivity index (χ4v) is 1.63. The molecule has 0 aromatic carbocycles. The molecule has 0 saturated heterocycles. The first-order valence-electron chi connectivity index (χ1n) is 3.02. The van der Waals surface area contributed by atoms with Crippen molar-refractivity contribution in [3.63, 3.8) is 0 Å². The molecule has 0 spiro atoms. The van der Waals surface area contributed by atoms with Crippen LogP contribution in [0.4, 0.5) is 0 Å². The molecule has 0 unspecified atom stereocenters. The highest BCUT2D eigenvalue weighted by atomic mass is 35.5. The molecular weight excluding hydrogens is 178 g/mol. The van der Waals surface area contributed by atoms with Gasteiger partial charge in [-0.1, -0.05) is 36.0 Å². The molecule has 9 heavy (non-hydrogen) atoms. The predicted molar refractivity (Wildman–Crippen MR) is 42.0 cm³/mol. The molecule has 1 aliphatic rings. The summed E-state index contributed by atoms with van der Waals surface area (Å²) >= 11 is 17.4. The third-order valence-electron chi connectivity index (χ3n) is 1.53. The van der Waals surface area contributed by atoms with Crippen LogP contribution in [0.3, 0.4) is 0 Å². The van der Waals surface area contributed by atoms with Crippen LogP contribution in [0.25, 0.3) is 0 Å². The maximum absolute atomic E-state index is 5.82. The lowest BCUT2D eigenvalue weighted by Gasteiger charge is -2.28. The highest BCUT2D eigenvalue weighted by molar-refractivity contribution is 6.54. The molecule has 3 heteroatoms. The zero-order valence-electron chi connectivity index (χ0n) is 4.96. The quantitative estimate of drug-likeness (QED) is 0.508. The van der Waals surface area contributed by atoms with Gasteiger partial charge >= 0.3 is 0 Å². The Bertz CT molecular complexity index is 100. The molecule has 0 aliphatic heterocycles. The fourth-order valence-electron chi connectivity index (χ4n) is 0.946. The van der Waals surface area contributed by atoms with Gasteiger partial charge in [-0.3, -0.25) is 0 Å². The van der Waals surface area contributed by atoms with Crippen molar-refractivity contribution in [3.05, 3.63) is 5.38 Å². The van der Waals surface area contributed by atoms with E-state index in [0.717, 1.165) is 25.7 Å². The molecule has 0 bridgehead atoms. The van der Waals surface area contributed by atoms with Crippen molar-refractivity contribution in [2.45, 2.75) is 30.0 Å². The Morgan fingerprint density at radius 3 is 2.22 bits per heavy atom. The Balaban J connectivity index is 2.49. The van der Waals surface area contributed by atoms with Gasteiger partial charge in [0, 0.05) is 0 Å². The molecular formula is C6H8Cl3. The smallest absolute Gasteiger partial charge is 0.114 e. The van der Waals surface area contributed by atoms with Gasteiger partial charge in [-0.05, 0) is 12.8 Å². The molecule has 0 aromatic heterocycles. The summed E-state index contributed by atoms with van der Waals surface area (Å²) in [5, 5.41) is 0.706. The van der Waals surface area contributed by atoms with Crippen molar-refractivity contribution in [1.29, 1.82) is 0 Å². The third kappa shape index (κ3) is 1.89. The first-order valence-corrected chi connectivity index (χ1v) is 4.16. The van der Waals surface area contributed by atoms with Crippen LogP contribution in [0.2, 0.25) is 0 Å². The standard InChI is InChI=1S/C6H8Cl3/c7-5-3-1-2-4-6(5,8)9/h1-4H2. The van der Waals surface area contributed by atoms with Gasteiger partial charge in [0.15, 0.2) is 0 Å². The average molecular weight is 186 g/mol. The van der Waals surface area contributed by atoms with Crippen LogP contribution in [0.15, 0.2) is 0 Å². The topological polar surface area (TPSA) is 0 Å². The van der Waals surface area contributed by atoms with Gasteiger partial charge in [0.2, 0.25) is 0 Å². The summed E-state index contributed by atoms with van der Waals surface area (Å²) in [5.74, 6) is 0. The highest BCUT2D eigenvalue weighted by Gasteiger charge is 2.36. The van der Waals surface area contributed by atoms with E-state index >= 15 is 0 Å². The second-order valence-corrected chi connectivity index (χ2v) is 4.26. The first-order chi connectivity index (χ1) is 4.13. The highest BCUT2D eigenvalue weighted by Crippen LogP contribution is 2.45. The molecule has 0 heterocycles. The van der Waals surface area contributed by atoms with Crippen LogP contribution in [-0.4, -0.2) is 4.33 Å². The van der Waals surface area contributed by atoms with Crippen molar-refractivity contribution < 1.29 is 0 Å². The lowest BCUT2D eigenvalue weighted by atomic mass is 9.99. The monoisotopic (exact) mass is 185 g/mol. The summed E-state index contributed by atoms with van der Waals surface area (Å²) < 4.78 is -0.736. The number of halogens is 3. The van der Waals surface area contributed by atoms with E-state index in [1.165, 1.54) is 0 Å². The largest absolute Gasteiger partial charge is 0.139 e. The van der Waals surface area contributed by atoms with Crippen molar-refractivity contribution >= 4 is 34.8 Å². The van der Waals surface area contributed by atoms with E-state index in [9.17, 15) is 0 Å².